The fourth-order valence-electron chi connectivity index (χ4n) is 2.81. The Morgan fingerprint density at radius 1 is 1.17 bits per heavy atom. The highest BCUT2D eigenvalue weighted by Gasteiger charge is 2.29. The van der Waals surface area contributed by atoms with Crippen LogP contribution in [0.4, 0.5) is 4.39 Å². The van der Waals surface area contributed by atoms with Gasteiger partial charge in [0.25, 0.3) is 0 Å². The number of hydrogen-bond acceptors (Lipinski definition) is 3. The lowest BCUT2D eigenvalue weighted by Crippen LogP contribution is -2.48. The quantitative estimate of drug-likeness (QED) is 0.928. The van der Waals surface area contributed by atoms with Crippen LogP contribution >= 0.6 is 11.6 Å². The molecule has 1 fully saturated rings. The molecule has 0 radical (unpaired) electrons. The molecule has 0 bridgehead atoms. The van der Waals surface area contributed by atoms with Gasteiger partial charge in [-0.15, -0.1) is 0 Å². The molecule has 0 spiro atoms. The summed E-state index contributed by atoms with van der Waals surface area (Å²) in [4.78, 5) is 2.05. The summed E-state index contributed by atoms with van der Waals surface area (Å²) in [6.07, 6.45) is -0.169. The van der Waals surface area contributed by atoms with E-state index in [1.165, 1.54) is 6.07 Å². The third kappa shape index (κ3) is 4.22. The van der Waals surface area contributed by atoms with E-state index < -0.39 is 6.10 Å². The van der Waals surface area contributed by atoms with Crippen LogP contribution in [-0.4, -0.2) is 35.3 Å². The number of piperidine rings is 1. The molecule has 2 aromatic rings. The highest BCUT2D eigenvalue weighted by atomic mass is 35.5. The van der Waals surface area contributed by atoms with Crippen molar-refractivity contribution in [2.75, 3.05) is 13.1 Å². The van der Waals surface area contributed by atoms with Crippen molar-refractivity contribution in [1.82, 2.24) is 4.90 Å². The van der Waals surface area contributed by atoms with E-state index in [-0.39, 0.29) is 11.9 Å². The van der Waals surface area contributed by atoms with Gasteiger partial charge in [0.15, 0.2) is 0 Å². The summed E-state index contributed by atoms with van der Waals surface area (Å²) in [6, 6.07) is 13.8. The Balaban J connectivity index is 1.57. The van der Waals surface area contributed by atoms with Crippen molar-refractivity contribution in [3.8, 4) is 5.75 Å². The zero-order valence-electron chi connectivity index (χ0n) is 12.7. The monoisotopic (exact) mass is 335 g/mol. The van der Waals surface area contributed by atoms with E-state index in [0.717, 1.165) is 6.54 Å². The van der Waals surface area contributed by atoms with Gasteiger partial charge in [0.05, 0.1) is 0 Å². The highest BCUT2D eigenvalue weighted by molar-refractivity contribution is 6.30. The minimum atomic E-state index is -0.605. The molecule has 0 unspecified atom stereocenters. The molecule has 1 aliphatic rings. The summed E-state index contributed by atoms with van der Waals surface area (Å²) in [5.41, 5.74) is 0.650. The smallest absolute Gasteiger partial charge is 0.127 e. The molecular formula is C18H19ClFNO2. The lowest BCUT2D eigenvalue weighted by Gasteiger charge is -2.36. The second kappa shape index (κ2) is 7.30. The topological polar surface area (TPSA) is 32.7 Å². The summed E-state index contributed by atoms with van der Waals surface area (Å²) in [6.45, 7) is 1.72. The summed E-state index contributed by atoms with van der Waals surface area (Å²) >= 11 is 5.85. The molecule has 0 saturated carbocycles. The predicted molar refractivity (Wildman–Crippen MR) is 88.2 cm³/mol. The van der Waals surface area contributed by atoms with E-state index in [1.54, 1.807) is 36.4 Å². The Morgan fingerprint density at radius 3 is 2.61 bits per heavy atom. The first-order valence-electron chi connectivity index (χ1n) is 7.68. The standard InChI is InChI=1S/C18H19ClFNO2/c19-14-5-7-15(8-6-14)23-18-9-10-21(12-17(18)22)11-13-3-1-2-4-16(13)20/h1-8,17-18,22H,9-12H2/t17-,18-/m1/s1. The Morgan fingerprint density at radius 2 is 1.91 bits per heavy atom. The Labute approximate surface area is 140 Å². The number of rotatable bonds is 4. The van der Waals surface area contributed by atoms with Crippen LogP contribution in [0.25, 0.3) is 0 Å². The summed E-state index contributed by atoms with van der Waals surface area (Å²) < 4.78 is 19.5. The molecular weight excluding hydrogens is 317 g/mol. The number of aliphatic hydroxyl groups is 1. The number of β-amino-alcohol motifs (C(OH)–C–C–N with tert-alkyl or cyclic N) is 1. The van der Waals surface area contributed by atoms with Gasteiger partial charge in [-0.05, 0) is 36.8 Å². The molecule has 1 aliphatic heterocycles. The lowest BCUT2D eigenvalue weighted by atomic mass is 10.0. The summed E-state index contributed by atoms with van der Waals surface area (Å²) in [5.74, 6) is 0.488. The van der Waals surface area contributed by atoms with E-state index >= 15 is 0 Å². The minimum absolute atomic E-state index is 0.207. The molecule has 2 aromatic carbocycles. The molecule has 122 valence electrons. The SMILES string of the molecule is O[C@@H]1CN(Cc2ccccc2F)CC[C@H]1Oc1ccc(Cl)cc1. The predicted octanol–water partition coefficient (Wildman–Crippen LogP) is 3.49. The lowest BCUT2D eigenvalue weighted by molar-refractivity contribution is -0.0277. The van der Waals surface area contributed by atoms with Gasteiger partial charge in [-0.25, -0.2) is 4.39 Å². The average Bonchev–Trinajstić information content (AvgIpc) is 2.54. The van der Waals surface area contributed by atoms with E-state index in [2.05, 4.69) is 0 Å². The molecule has 0 amide bonds. The van der Waals surface area contributed by atoms with Crippen LogP contribution in [0.3, 0.4) is 0 Å². The van der Waals surface area contributed by atoms with Crippen LogP contribution in [0, 0.1) is 5.82 Å². The van der Waals surface area contributed by atoms with Gasteiger partial charge in [-0.3, -0.25) is 4.90 Å². The fourth-order valence-corrected chi connectivity index (χ4v) is 2.94. The first-order valence-corrected chi connectivity index (χ1v) is 8.05. The van der Waals surface area contributed by atoms with Crippen molar-refractivity contribution < 1.29 is 14.2 Å². The van der Waals surface area contributed by atoms with Gasteiger partial charge < -0.3 is 9.84 Å². The van der Waals surface area contributed by atoms with Gasteiger partial charge in [0.2, 0.25) is 0 Å². The number of likely N-dealkylation sites (tertiary alicyclic amines) is 1. The number of aliphatic hydroxyl groups excluding tert-OH is 1. The molecule has 23 heavy (non-hydrogen) atoms. The normalized spacial score (nSPS) is 22.0. The second-order valence-electron chi connectivity index (χ2n) is 5.79. The van der Waals surface area contributed by atoms with Gasteiger partial charge in [-0.2, -0.15) is 0 Å². The number of benzene rings is 2. The van der Waals surface area contributed by atoms with Gasteiger partial charge in [0.1, 0.15) is 23.8 Å². The second-order valence-corrected chi connectivity index (χ2v) is 6.23. The molecule has 1 saturated heterocycles. The van der Waals surface area contributed by atoms with Crippen LogP contribution in [-0.2, 0) is 6.54 Å². The van der Waals surface area contributed by atoms with E-state index in [9.17, 15) is 9.50 Å². The van der Waals surface area contributed by atoms with Crippen LogP contribution < -0.4 is 4.74 Å². The maximum absolute atomic E-state index is 13.7. The van der Waals surface area contributed by atoms with Crippen molar-refractivity contribution in [3.05, 3.63) is 64.9 Å². The largest absolute Gasteiger partial charge is 0.488 e. The molecule has 3 nitrogen and oxygen atoms in total. The maximum Gasteiger partial charge on any atom is 0.127 e. The van der Waals surface area contributed by atoms with Crippen molar-refractivity contribution in [2.24, 2.45) is 0 Å². The van der Waals surface area contributed by atoms with Crippen molar-refractivity contribution in [3.63, 3.8) is 0 Å². The Bertz CT molecular complexity index is 650. The number of hydrogen-bond donors (Lipinski definition) is 1. The molecule has 1 N–H and O–H groups in total. The van der Waals surface area contributed by atoms with Crippen LogP contribution in [0.2, 0.25) is 5.02 Å². The molecule has 5 heteroatoms. The number of nitrogens with zero attached hydrogens (tertiary/aromatic N) is 1. The third-order valence-corrected chi connectivity index (χ3v) is 4.31. The molecule has 0 aliphatic carbocycles. The first kappa shape index (κ1) is 16.2. The first-order chi connectivity index (χ1) is 11.1. The Hall–Kier alpha value is -1.62. The van der Waals surface area contributed by atoms with Crippen LogP contribution in [0.15, 0.2) is 48.5 Å². The van der Waals surface area contributed by atoms with Crippen LogP contribution in [0.1, 0.15) is 12.0 Å². The summed E-state index contributed by atoms with van der Waals surface area (Å²) in [5, 5.41) is 11.0. The molecule has 1 heterocycles. The molecule has 2 atom stereocenters. The molecule has 0 aromatic heterocycles. The maximum atomic E-state index is 13.7. The molecule has 3 rings (SSSR count). The minimum Gasteiger partial charge on any atom is -0.488 e. The highest BCUT2D eigenvalue weighted by Crippen LogP contribution is 2.22. The van der Waals surface area contributed by atoms with Gasteiger partial charge in [0, 0.05) is 30.2 Å². The Kier molecular flexibility index (Phi) is 5.16. The van der Waals surface area contributed by atoms with Crippen molar-refractivity contribution in [1.29, 1.82) is 0 Å². The van der Waals surface area contributed by atoms with Crippen molar-refractivity contribution in [2.45, 2.75) is 25.2 Å². The zero-order chi connectivity index (χ0) is 16.2. The van der Waals surface area contributed by atoms with Crippen molar-refractivity contribution >= 4 is 11.6 Å². The number of ether oxygens (including phenoxy) is 1. The van der Waals surface area contributed by atoms with E-state index in [1.807, 2.05) is 11.0 Å². The van der Waals surface area contributed by atoms with E-state index in [4.69, 9.17) is 16.3 Å². The fraction of sp³-hybridized carbons (Fsp3) is 0.333. The van der Waals surface area contributed by atoms with E-state index in [0.29, 0.717) is 35.8 Å². The summed E-state index contributed by atoms with van der Waals surface area (Å²) in [7, 11) is 0. The van der Waals surface area contributed by atoms with Gasteiger partial charge >= 0.3 is 0 Å². The van der Waals surface area contributed by atoms with Gasteiger partial charge in [-0.1, -0.05) is 29.8 Å². The zero-order valence-corrected chi connectivity index (χ0v) is 13.4. The van der Waals surface area contributed by atoms with Crippen LogP contribution in [0.5, 0.6) is 5.75 Å². The third-order valence-electron chi connectivity index (χ3n) is 4.06. The average molecular weight is 336 g/mol. The number of halogens is 2.